The highest BCUT2D eigenvalue weighted by Crippen LogP contribution is 2.21. The fourth-order valence-corrected chi connectivity index (χ4v) is 1.89. The van der Waals surface area contributed by atoms with Gasteiger partial charge in [0.05, 0.1) is 13.2 Å². The van der Waals surface area contributed by atoms with Crippen molar-refractivity contribution >= 4 is 11.3 Å². The number of methoxy groups -OCH3 is 1. The molecule has 0 aliphatic heterocycles. The van der Waals surface area contributed by atoms with Crippen molar-refractivity contribution in [2.75, 3.05) is 7.11 Å². The highest BCUT2D eigenvalue weighted by atomic mass is 32.1. The molecule has 4 nitrogen and oxygen atoms in total. The molecule has 2 N–H and O–H groups in total. The third-order valence-electron chi connectivity index (χ3n) is 2.04. The van der Waals surface area contributed by atoms with Crippen LogP contribution in [0.2, 0.25) is 0 Å². The molecule has 0 amide bonds. The summed E-state index contributed by atoms with van der Waals surface area (Å²) in [7, 11) is 1.59. The number of aromatic nitrogens is 2. The SMILES string of the molecule is COc1ccc(C(N)c2nccs2)cn1. The molecule has 1 atom stereocenters. The minimum absolute atomic E-state index is 0.205. The molecule has 0 bridgehead atoms. The third-order valence-corrected chi connectivity index (χ3v) is 2.90. The van der Waals surface area contributed by atoms with Crippen molar-refractivity contribution in [1.82, 2.24) is 9.97 Å². The molecule has 1 unspecified atom stereocenters. The zero-order chi connectivity index (χ0) is 10.7. The minimum Gasteiger partial charge on any atom is -0.481 e. The van der Waals surface area contributed by atoms with Gasteiger partial charge in [0.1, 0.15) is 5.01 Å². The van der Waals surface area contributed by atoms with Crippen molar-refractivity contribution < 1.29 is 4.74 Å². The van der Waals surface area contributed by atoms with Gasteiger partial charge in [0, 0.05) is 23.8 Å². The Morgan fingerprint density at radius 1 is 1.40 bits per heavy atom. The molecule has 0 saturated carbocycles. The Hall–Kier alpha value is -1.46. The lowest BCUT2D eigenvalue weighted by Crippen LogP contribution is -2.11. The van der Waals surface area contributed by atoms with E-state index in [4.69, 9.17) is 10.5 Å². The first-order valence-electron chi connectivity index (χ1n) is 4.46. The predicted octanol–water partition coefficient (Wildman–Crippen LogP) is 1.59. The number of rotatable bonds is 3. The van der Waals surface area contributed by atoms with E-state index in [9.17, 15) is 0 Å². The predicted molar refractivity (Wildman–Crippen MR) is 58.9 cm³/mol. The minimum atomic E-state index is -0.205. The van der Waals surface area contributed by atoms with Gasteiger partial charge in [-0.05, 0) is 5.56 Å². The van der Waals surface area contributed by atoms with Crippen LogP contribution >= 0.6 is 11.3 Å². The maximum Gasteiger partial charge on any atom is 0.212 e. The molecular formula is C10H11N3OS. The molecule has 78 valence electrons. The van der Waals surface area contributed by atoms with E-state index < -0.39 is 0 Å². The summed E-state index contributed by atoms with van der Waals surface area (Å²) >= 11 is 1.54. The van der Waals surface area contributed by atoms with Crippen LogP contribution in [0.1, 0.15) is 16.6 Å². The van der Waals surface area contributed by atoms with Gasteiger partial charge in [-0.3, -0.25) is 0 Å². The summed E-state index contributed by atoms with van der Waals surface area (Å²) in [5.41, 5.74) is 6.96. The van der Waals surface area contributed by atoms with Gasteiger partial charge in [0.2, 0.25) is 5.88 Å². The van der Waals surface area contributed by atoms with E-state index in [1.807, 2.05) is 11.4 Å². The summed E-state index contributed by atoms with van der Waals surface area (Å²) in [4.78, 5) is 8.27. The largest absolute Gasteiger partial charge is 0.481 e. The highest BCUT2D eigenvalue weighted by Gasteiger charge is 2.11. The highest BCUT2D eigenvalue weighted by molar-refractivity contribution is 7.09. The lowest BCUT2D eigenvalue weighted by molar-refractivity contribution is 0.397. The Bertz CT molecular complexity index is 413. The molecule has 0 spiro atoms. The van der Waals surface area contributed by atoms with Crippen LogP contribution in [-0.2, 0) is 0 Å². The lowest BCUT2D eigenvalue weighted by Gasteiger charge is -2.08. The van der Waals surface area contributed by atoms with Gasteiger partial charge in [-0.15, -0.1) is 11.3 Å². The maximum absolute atomic E-state index is 6.02. The molecule has 0 aliphatic rings. The van der Waals surface area contributed by atoms with Crippen molar-refractivity contribution in [3.8, 4) is 5.88 Å². The number of hydrogen-bond donors (Lipinski definition) is 1. The quantitative estimate of drug-likeness (QED) is 0.855. The smallest absolute Gasteiger partial charge is 0.212 e. The molecule has 0 aliphatic carbocycles. The summed E-state index contributed by atoms with van der Waals surface area (Å²) in [6, 6.07) is 3.49. The Morgan fingerprint density at radius 3 is 2.80 bits per heavy atom. The Morgan fingerprint density at radius 2 is 2.27 bits per heavy atom. The van der Waals surface area contributed by atoms with Crippen LogP contribution in [0, 0.1) is 0 Å². The first-order chi connectivity index (χ1) is 7.31. The molecule has 2 rings (SSSR count). The number of ether oxygens (including phenoxy) is 1. The molecule has 0 saturated heterocycles. The summed E-state index contributed by atoms with van der Waals surface area (Å²) < 4.78 is 4.97. The van der Waals surface area contributed by atoms with E-state index in [2.05, 4.69) is 9.97 Å². The van der Waals surface area contributed by atoms with Gasteiger partial charge >= 0.3 is 0 Å². The number of nitrogens with zero attached hydrogens (tertiary/aromatic N) is 2. The maximum atomic E-state index is 6.02. The zero-order valence-electron chi connectivity index (χ0n) is 8.25. The Labute approximate surface area is 91.8 Å². The Balaban J connectivity index is 2.22. The topological polar surface area (TPSA) is 61.0 Å². The molecule has 2 heterocycles. The van der Waals surface area contributed by atoms with Gasteiger partial charge in [0.25, 0.3) is 0 Å². The van der Waals surface area contributed by atoms with Crippen LogP contribution in [0.25, 0.3) is 0 Å². The average molecular weight is 221 g/mol. The van der Waals surface area contributed by atoms with Crippen molar-refractivity contribution in [3.63, 3.8) is 0 Å². The van der Waals surface area contributed by atoms with Gasteiger partial charge in [-0.25, -0.2) is 9.97 Å². The van der Waals surface area contributed by atoms with E-state index in [-0.39, 0.29) is 6.04 Å². The van der Waals surface area contributed by atoms with Crippen molar-refractivity contribution in [1.29, 1.82) is 0 Å². The summed E-state index contributed by atoms with van der Waals surface area (Å²) in [6.07, 6.45) is 3.46. The monoisotopic (exact) mass is 221 g/mol. The van der Waals surface area contributed by atoms with E-state index in [1.165, 1.54) is 0 Å². The summed E-state index contributed by atoms with van der Waals surface area (Å²) in [5.74, 6) is 0.588. The van der Waals surface area contributed by atoms with Crippen molar-refractivity contribution in [2.45, 2.75) is 6.04 Å². The summed E-state index contributed by atoms with van der Waals surface area (Å²) in [6.45, 7) is 0. The molecule has 15 heavy (non-hydrogen) atoms. The molecule has 0 aromatic carbocycles. The zero-order valence-corrected chi connectivity index (χ0v) is 9.07. The van der Waals surface area contributed by atoms with Crippen LogP contribution in [0.15, 0.2) is 29.9 Å². The molecule has 2 aromatic rings. The fraction of sp³-hybridized carbons (Fsp3) is 0.200. The molecule has 0 radical (unpaired) electrons. The van der Waals surface area contributed by atoms with E-state index in [0.717, 1.165) is 10.6 Å². The van der Waals surface area contributed by atoms with Crippen LogP contribution in [0.3, 0.4) is 0 Å². The van der Waals surface area contributed by atoms with Crippen LogP contribution < -0.4 is 10.5 Å². The Kier molecular flexibility index (Phi) is 2.94. The van der Waals surface area contributed by atoms with Gasteiger partial charge in [-0.1, -0.05) is 6.07 Å². The van der Waals surface area contributed by atoms with Crippen LogP contribution in [0.4, 0.5) is 0 Å². The van der Waals surface area contributed by atoms with Crippen molar-refractivity contribution in [2.24, 2.45) is 5.73 Å². The normalized spacial score (nSPS) is 12.4. The van der Waals surface area contributed by atoms with Crippen LogP contribution in [-0.4, -0.2) is 17.1 Å². The van der Waals surface area contributed by atoms with Gasteiger partial charge < -0.3 is 10.5 Å². The molecule has 0 fully saturated rings. The second-order valence-corrected chi connectivity index (χ2v) is 3.91. The fourth-order valence-electron chi connectivity index (χ4n) is 1.23. The third kappa shape index (κ3) is 2.14. The second kappa shape index (κ2) is 4.37. The standard InChI is InChI=1S/C10H11N3OS/c1-14-8-3-2-7(6-13-8)9(11)10-12-4-5-15-10/h2-6,9H,11H2,1H3. The number of thiazole rings is 1. The lowest BCUT2D eigenvalue weighted by atomic mass is 10.1. The van der Waals surface area contributed by atoms with E-state index in [1.54, 1.807) is 36.9 Å². The number of nitrogens with two attached hydrogens (primary N) is 1. The van der Waals surface area contributed by atoms with E-state index >= 15 is 0 Å². The summed E-state index contributed by atoms with van der Waals surface area (Å²) in [5, 5.41) is 2.80. The van der Waals surface area contributed by atoms with Gasteiger partial charge in [0.15, 0.2) is 0 Å². The van der Waals surface area contributed by atoms with Crippen molar-refractivity contribution in [3.05, 3.63) is 40.5 Å². The number of pyridine rings is 1. The molecular weight excluding hydrogens is 210 g/mol. The average Bonchev–Trinajstić information content (AvgIpc) is 2.82. The first kappa shape index (κ1) is 10.1. The first-order valence-corrected chi connectivity index (χ1v) is 5.34. The second-order valence-electron chi connectivity index (χ2n) is 2.98. The van der Waals surface area contributed by atoms with Crippen LogP contribution in [0.5, 0.6) is 5.88 Å². The van der Waals surface area contributed by atoms with E-state index in [0.29, 0.717) is 5.88 Å². The van der Waals surface area contributed by atoms with Gasteiger partial charge in [-0.2, -0.15) is 0 Å². The molecule has 5 heteroatoms. The number of hydrogen-bond acceptors (Lipinski definition) is 5. The molecule has 2 aromatic heterocycles.